The van der Waals surface area contributed by atoms with Gasteiger partial charge in [0, 0.05) is 19.7 Å². The van der Waals surface area contributed by atoms with Crippen molar-refractivity contribution in [3.05, 3.63) is 33.9 Å². The normalized spacial score (nSPS) is 25.3. The summed E-state index contributed by atoms with van der Waals surface area (Å²) in [5.41, 5.74) is 1.27. The second-order valence-electron chi connectivity index (χ2n) is 5.44. The molecule has 3 rings (SSSR count). The molecule has 2 aliphatic heterocycles. The number of hydrogen-bond acceptors (Lipinski definition) is 5. The summed E-state index contributed by atoms with van der Waals surface area (Å²) in [6.07, 6.45) is 2.71. The van der Waals surface area contributed by atoms with E-state index in [1.807, 2.05) is 6.07 Å². The van der Waals surface area contributed by atoms with Gasteiger partial charge >= 0.3 is 0 Å². The third-order valence-corrected chi connectivity index (χ3v) is 4.26. The van der Waals surface area contributed by atoms with Gasteiger partial charge in [0.15, 0.2) is 0 Å². The minimum absolute atomic E-state index is 0.0278. The number of nitrogens with zero attached hydrogens (tertiary/aromatic N) is 2. The molecular formula is C14H18N4O3. The van der Waals surface area contributed by atoms with Gasteiger partial charge in [0.2, 0.25) is 5.91 Å². The van der Waals surface area contributed by atoms with Gasteiger partial charge in [0.1, 0.15) is 11.9 Å². The Kier molecular flexibility index (Phi) is 3.50. The van der Waals surface area contributed by atoms with Crippen molar-refractivity contribution in [1.29, 1.82) is 0 Å². The summed E-state index contributed by atoms with van der Waals surface area (Å²) in [7, 11) is 1.65. The molecule has 2 saturated heterocycles. The number of amides is 1. The van der Waals surface area contributed by atoms with E-state index in [0.717, 1.165) is 31.4 Å². The minimum atomic E-state index is -0.403. The Balaban J connectivity index is 1.95. The molecule has 1 amide bonds. The number of carbonyl (C=O) groups is 1. The molecule has 0 bridgehead atoms. The molecule has 2 atom stereocenters. The molecule has 2 unspecified atom stereocenters. The summed E-state index contributed by atoms with van der Waals surface area (Å²) in [4.78, 5) is 24.9. The van der Waals surface area contributed by atoms with Gasteiger partial charge in [-0.25, -0.2) is 0 Å². The highest BCUT2D eigenvalue weighted by Gasteiger charge is 2.41. The Hall–Kier alpha value is -2.15. The lowest BCUT2D eigenvalue weighted by Crippen LogP contribution is -2.38. The molecule has 0 radical (unpaired) electrons. The van der Waals surface area contributed by atoms with Crippen molar-refractivity contribution >= 4 is 17.3 Å². The molecule has 0 aromatic heterocycles. The number of anilines is 1. The number of nitrogens with one attached hydrogen (secondary N) is 2. The lowest BCUT2D eigenvalue weighted by molar-refractivity contribution is -0.384. The number of nitro groups is 1. The first-order chi connectivity index (χ1) is 10.1. The van der Waals surface area contributed by atoms with Crippen LogP contribution < -0.4 is 10.6 Å². The Labute approximate surface area is 122 Å². The predicted octanol–water partition coefficient (Wildman–Crippen LogP) is 1.62. The van der Waals surface area contributed by atoms with Crippen LogP contribution in [-0.4, -0.2) is 35.4 Å². The topological polar surface area (TPSA) is 87.5 Å². The summed E-state index contributed by atoms with van der Waals surface area (Å²) in [6, 6.07) is 4.98. The van der Waals surface area contributed by atoms with E-state index in [1.54, 1.807) is 19.2 Å². The van der Waals surface area contributed by atoms with Gasteiger partial charge in [-0.1, -0.05) is 12.5 Å². The van der Waals surface area contributed by atoms with Crippen LogP contribution in [0.15, 0.2) is 18.2 Å². The van der Waals surface area contributed by atoms with E-state index < -0.39 is 4.92 Å². The van der Waals surface area contributed by atoms with Crippen LogP contribution in [0.2, 0.25) is 0 Å². The number of benzene rings is 1. The smallest absolute Gasteiger partial charge is 0.292 e. The summed E-state index contributed by atoms with van der Waals surface area (Å²) >= 11 is 0. The van der Waals surface area contributed by atoms with Crippen LogP contribution in [0.25, 0.3) is 0 Å². The number of rotatable bonds is 3. The average molecular weight is 290 g/mol. The second-order valence-corrected chi connectivity index (χ2v) is 5.44. The fourth-order valence-corrected chi connectivity index (χ4v) is 3.21. The molecule has 2 aliphatic rings. The molecule has 21 heavy (non-hydrogen) atoms. The monoisotopic (exact) mass is 290 g/mol. The van der Waals surface area contributed by atoms with Gasteiger partial charge in [0.25, 0.3) is 5.69 Å². The Bertz CT molecular complexity index is 590. The largest absolute Gasteiger partial charge is 0.383 e. The van der Waals surface area contributed by atoms with Crippen LogP contribution in [0.4, 0.5) is 11.4 Å². The quantitative estimate of drug-likeness (QED) is 0.652. The molecule has 1 aromatic rings. The van der Waals surface area contributed by atoms with Gasteiger partial charge in [-0.05, 0) is 24.5 Å². The van der Waals surface area contributed by atoms with E-state index in [2.05, 4.69) is 15.5 Å². The highest BCUT2D eigenvalue weighted by Crippen LogP contribution is 2.35. The van der Waals surface area contributed by atoms with Crippen molar-refractivity contribution in [3.8, 4) is 0 Å². The van der Waals surface area contributed by atoms with Gasteiger partial charge in [-0.3, -0.25) is 19.8 Å². The minimum Gasteiger partial charge on any atom is -0.383 e. The molecule has 0 spiro atoms. The first kappa shape index (κ1) is 13.8. The number of fused-ring (bicyclic) bond motifs is 1. The van der Waals surface area contributed by atoms with E-state index >= 15 is 0 Å². The Morgan fingerprint density at radius 1 is 1.43 bits per heavy atom. The second kappa shape index (κ2) is 5.33. The van der Waals surface area contributed by atoms with Crippen LogP contribution in [0, 0.1) is 10.1 Å². The van der Waals surface area contributed by atoms with E-state index in [-0.39, 0.29) is 23.8 Å². The fraction of sp³-hybridized carbons (Fsp3) is 0.500. The lowest BCUT2D eigenvalue weighted by Gasteiger charge is -2.31. The van der Waals surface area contributed by atoms with Crippen LogP contribution >= 0.6 is 0 Å². The van der Waals surface area contributed by atoms with Crippen molar-refractivity contribution in [2.45, 2.75) is 31.5 Å². The molecule has 2 heterocycles. The van der Waals surface area contributed by atoms with E-state index in [4.69, 9.17) is 0 Å². The molecule has 2 N–H and O–H groups in total. The number of piperidine rings is 1. The van der Waals surface area contributed by atoms with Crippen molar-refractivity contribution in [3.63, 3.8) is 0 Å². The summed E-state index contributed by atoms with van der Waals surface area (Å²) in [5.74, 6) is 0.0278. The van der Waals surface area contributed by atoms with Gasteiger partial charge in [-0.2, -0.15) is 0 Å². The zero-order valence-electron chi connectivity index (χ0n) is 11.8. The van der Waals surface area contributed by atoms with Crippen molar-refractivity contribution in [1.82, 2.24) is 10.2 Å². The molecule has 0 saturated carbocycles. The van der Waals surface area contributed by atoms with Gasteiger partial charge < -0.3 is 10.6 Å². The van der Waals surface area contributed by atoms with Gasteiger partial charge in [0.05, 0.1) is 11.0 Å². The van der Waals surface area contributed by atoms with Crippen molar-refractivity contribution in [2.75, 3.05) is 18.9 Å². The SMILES string of the molecule is CNc1ccc(C2NC(=O)C3CCCCN32)cc1[N+](=O)[O-]. The molecular weight excluding hydrogens is 272 g/mol. The maximum atomic E-state index is 12.0. The van der Waals surface area contributed by atoms with Crippen LogP contribution in [0.1, 0.15) is 31.0 Å². The first-order valence-electron chi connectivity index (χ1n) is 7.14. The van der Waals surface area contributed by atoms with E-state index in [1.165, 1.54) is 0 Å². The van der Waals surface area contributed by atoms with Crippen molar-refractivity contribution in [2.24, 2.45) is 0 Å². The van der Waals surface area contributed by atoms with Crippen LogP contribution in [-0.2, 0) is 4.79 Å². The Morgan fingerprint density at radius 2 is 2.24 bits per heavy atom. The van der Waals surface area contributed by atoms with Crippen molar-refractivity contribution < 1.29 is 9.72 Å². The number of hydrogen-bond donors (Lipinski definition) is 2. The van der Waals surface area contributed by atoms with E-state index in [9.17, 15) is 14.9 Å². The fourth-order valence-electron chi connectivity index (χ4n) is 3.21. The summed E-state index contributed by atoms with van der Waals surface area (Å²) in [6.45, 7) is 0.843. The summed E-state index contributed by atoms with van der Waals surface area (Å²) < 4.78 is 0. The van der Waals surface area contributed by atoms with Crippen LogP contribution in [0.5, 0.6) is 0 Å². The Morgan fingerprint density at radius 3 is 2.95 bits per heavy atom. The summed E-state index contributed by atoms with van der Waals surface area (Å²) in [5, 5.41) is 16.9. The highest BCUT2D eigenvalue weighted by molar-refractivity contribution is 5.84. The lowest BCUT2D eigenvalue weighted by atomic mass is 10.0. The standard InChI is InChI=1S/C14H18N4O3/c1-15-10-6-5-9(8-12(10)18(20)21)13-16-14(19)11-4-2-3-7-17(11)13/h5-6,8,11,13,15H,2-4,7H2,1H3,(H,16,19). The predicted molar refractivity (Wildman–Crippen MR) is 77.9 cm³/mol. The maximum Gasteiger partial charge on any atom is 0.292 e. The zero-order chi connectivity index (χ0) is 15.0. The first-order valence-corrected chi connectivity index (χ1v) is 7.14. The average Bonchev–Trinajstić information content (AvgIpc) is 2.84. The highest BCUT2D eigenvalue weighted by atomic mass is 16.6. The third-order valence-electron chi connectivity index (χ3n) is 4.26. The van der Waals surface area contributed by atoms with Crippen LogP contribution in [0.3, 0.4) is 0 Å². The molecule has 7 nitrogen and oxygen atoms in total. The zero-order valence-corrected chi connectivity index (χ0v) is 11.8. The molecule has 7 heteroatoms. The van der Waals surface area contributed by atoms with Gasteiger partial charge in [-0.15, -0.1) is 0 Å². The molecule has 1 aromatic carbocycles. The van der Waals surface area contributed by atoms with E-state index in [0.29, 0.717) is 5.69 Å². The molecule has 112 valence electrons. The maximum absolute atomic E-state index is 12.0. The number of nitro benzene ring substituents is 1. The molecule has 2 fully saturated rings. The third kappa shape index (κ3) is 2.33. The number of carbonyl (C=O) groups excluding carboxylic acids is 1. The molecule has 0 aliphatic carbocycles.